The fourth-order valence-electron chi connectivity index (χ4n) is 1.78. The Bertz CT molecular complexity index is 534. The van der Waals surface area contributed by atoms with Crippen molar-refractivity contribution in [3.8, 4) is 5.75 Å². The minimum atomic E-state index is -0.685. The number of esters is 1. The van der Waals surface area contributed by atoms with Crippen LogP contribution in [0.5, 0.6) is 5.75 Å². The first-order valence-electron chi connectivity index (χ1n) is 6.78. The van der Waals surface area contributed by atoms with E-state index in [0.29, 0.717) is 22.2 Å². The number of nitrogens with one attached hydrogen (secondary N) is 1. The van der Waals surface area contributed by atoms with Crippen LogP contribution in [0.15, 0.2) is 18.2 Å². The molecule has 22 heavy (non-hydrogen) atoms. The fourth-order valence-corrected chi connectivity index (χ4v) is 2.07. The van der Waals surface area contributed by atoms with Crippen molar-refractivity contribution in [1.29, 1.82) is 0 Å². The van der Waals surface area contributed by atoms with E-state index < -0.39 is 17.9 Å². The molecule has 0 heterocycles. The van der Waals surface area contributed by atoms with Crippen LogP contribution < -0.4 is 10.1 Å². The van der Waals surface area contributed by atoms with Crippen molar-refractivity contribution in [3.05, 3.63) is 28.2 Å². The van der Waals surface area contributed by atoms with Crippen molar-refractivity contribution in [1.82, 2.24) is 5.32 Å². The van der Waals surface area contributed by atoms with Crippen LogP contribution >= 0.6 is 23.2 Å². The third-order valence-corrected chi connectivity index (χ3v) is 3.53. The third-order valence-electron chi connectivity index (χ3n) is 2.79. The van der Waals surface area contributed by atoms with Gasteiger partial charge in [0.15, 0.2) is 6.61 Å². The highest BCUT2D eigenvalue weighted by Gasteiger charge is 2.22. The Morgan fingerprint density at radius 3 is 2.45 bits per heavy atom. The zero-order valence-corrected chi connectivity index (χ0v) is 14.2. The van der Waals surface area contributed by atoms with E-state index in [1.54, 1.807) is 12.1 Å². The number of hydrogen-bond acceptors (Lipinski definition) is 4. The highest BCUT2D eigenvalue weighted by molar-refractivity contribution is 6.42. The molecule has 1 aromatic rings. The van der Waals surface area contributed by atoms with Gasteiger partial charge in [0, 0.05) is 6.07 Å². The summed E-state index contributed by atoms with van der Waals surface area (Å²) in [4.78, 5) is 23.5. The minimum absolute atomic E-state index is 0.233. The predicted octanol–water partition coefficient (Wildman–Crippen LogP) is 3.08. The average molecular weight is 348 g/mol. The first kappa shape index (κ1) is 18.6. The molecule has 0 bridgehead atoms. The zero-order valence-electron chi connectivity index (χ0n) is 12.7. The van der Waals surface area contributed by atoms with E-state index in [4.69, 9.17) is 27.9 Å². The van der Waals surface area contributed by atoms with Crippen molar-refractivity contribution < 1.29 is 19.1 Å². The summed E-state index contributed by atoms with van der Waals surface area (Å²) in [7, 11) is 1.29. The molecule has 5 nitrogen and oxygen atoms in total. The molecule has 1 amide bonds. The lowest BCUT2D eigenvalue weighted by atomic mass is 10.0. The van der Waals surface area contributed by atoms with Crippen LogP contribution in [0.25, 0.3) is 0 Å². The second-order valence-corrected chi connectivity index (χ2v) is 5.95. The van der Waals surface area contributed by atoms with E-state index in [-0.39, 0.29) is 12.5 Å². The van der Waals surface area contributed by atoms with Crippen molar-refractivity contribution >= 4 is 35.1 Å². The Morgan fingerprint density at radius 1 is 1.23 bits per heavy atom. The molecule has 0 aromatic heterocycles. The van der Waals surface area contributed by atoms with Crippen molar-refractivity contribution in [2.45, 2.75) is 26.3 Å². The molecule has 0 saturated heterocycles. The normalized spacial score (nSPS) is 11.9. The summed E-state index contributed by atoms with van der Waals surface area (Å²) in [6, 6.07) is 4.01. The Labute approximate surface area is 139 Å². The molecule has 0 fully saturated rings. The molecule has 0 aliphatic carbocycles. The number of benzene rings is 1. The maximum atomic E-state index is 11.9. The molecular weight excluding hydrogens is 329 g/mol. The van der Waals surface area contributed by atoms with Crippen LogP contribution in [0, 0.1) is 5.92 Å². The molecule has 0 aliphatic rings. The molecule has 0 spiro atoms. The SMILES string of the molecule is COC(=O)[C@@H](CC(C)C)NC(=O)COc1ccc(Cl)c(Cl)c1. The van der Waals surface area contributed by atoms with Crippen LogP contribution in [0.1, 0.15) is 20.3 Å². The Balaban J connectivity index is 2.56. The van der Waals surface area contributed by atoms with Gasteiger partial charge in [0.05, 0.1) is 17.2 Å². The summed E-state index contributed by atoms with van der Waals surface area (Å²) in [5.74, 6) is -0.234. The summed E-state index contributed by atoms with van der Waals surface area (Å²) in [5, 5.41) is 3.34. The number of hydrogen-bond donors (Lipinski definition) is 1. The second-order valence-electron chi connectivity index (χ2n) is 5.14. The van der Waals surface area contributed by atoms with E-state index in [9.17, 15) is 9.59 Å². The maximum Gasteiger partial charge on any atom is 0.328 e. The zero-order chi connectivity index (χ0) is 16.7. The maximum absolute atomic E-state index is 11.9. The van der Waals surface area contributed by atoms with Crippen molar-refractivity contribution in [3.63, 3.8) is 0 Å². The first-order chi connectivity index (χ1) is 10.3. The van der Waals surface area contributed by atoms with Crippen LogP contribution in [0.4, 0.5) is 0 Å². The van der Waals surface area contributed by atoms with E-state index in [2.05, 4.69) is 10.1 Å². The van der Waals surface area contributed by atoms with Crippen LogP contribution in [0.3, 0.4) is 0 Å². The molecule has 7 heteroatoms. The highest BCUT2D eigenvalue weighted by atomic mass is 35.5. The summed E-state index contributed by atoms with van der Waals surface area (Å²) in [5.41, 5.74) is 0. The van der Waals surface area contributed by atoms with Gasteiger partial charge in [-0.2, -0.15) is 0 Å². The van der Waals surface area contributed by atoms with Gasteiger partial charge in [-0.05, 0) is 24.5 Å². The predicted molar refractivity (Wildman–Crippen MR) is 85.4 cm³/mol. The standard InChI is InChI=1S/C15H19Cl2NO4/c1-9(2)6-13(15(20)21-3)18-14(19)8-22-10-4-5-11(16)12(17)7-10/h4-5,7,9,13H,6,8H2,1-3H3,(H,18,19)/t13-/m1/s1. The molecule has 0 aliphatic heterocycles. The molecule has 122 valence electrons. The first-order valence-corrected chi connectivity index (χ1v) is 7.54. The molecular formula is C15H19Cl2NO4. The number of ether oxygens (including phenoxy) is 2. The van der Waals surface area contributed by atoms with E-state index in [1.165, 1.54) is 13.2 Å². The lowest BCUT2D eigenvalue weighted by Gasteiger charge is -2.18. The Morgan fingerprint density at radius 2 is 1.91 bits per heavy atom. The second kappa shape index (κ2) is 8.86. The number of rotatable bonds is 7. The largest absolute Gasteiger partial charge is 0.484 e. The van der Waals surface area contributed by atoms with Gasteiger partial charge in [-0.3, -0.25) is 4.79 Å². The summed E-state index contributed by atoms with van der Waals surface area (Å²) in [6.45, 7) is 3.67. The van der Waals surface area contributed by atoms with Crippen molar-refractivity contribution in [2.75, 3.05) is 13.7 Å². The number of carbonyl (C=O) groups excluding carboxylic acids is 2. The Hall–Kier alpha value is -1.46. The summed E-state index contributed by atoms with van der Waals surface area (Å²) < 4.78 is 9.99. The van der Waals surface area contributed by atoms with E-state index in [1.807, 2.05) is 13.8 Å². The van der Waals surface area contributed by atoms with Gasteiger partial charge in [-0.25, -0.2) is 4.79 Å². The molecule has 1 atom stereocenters. The van der Waals surface area contributed by atoms with E-state index >= 15 is 0 Å². The van der Waals surface area contributed by atoms with E-state index in [0.717, 1.165) is 0 Å². The van der Waals surface area contributed by atoms with Gasteiger partial charge in [0.25, 0.3) is 5.91 Å². The van der Waals surface area contributed by atoms with Crippen LogP contribution in [-0.4, -0.2) is 31.6 Å². The molecule has 0 unspecified atom stereocenters. The van der Waals surface area contributed by atoms with Gasteiger partial charge >= 0.3 is 5.97 Å². The molecule has 1 rings (SSSR count). The number of amides is 1. The number of halogens is 2. The van der Waals surface area contributed by atoms with Gasteiger partial charge in [-0.15, -0.1) is 0 Å². The molecule has 0 saturated carbocycles. The number of methoxy groups -OCH3 is 1. The summed E-state index contributed by atoms with van der Waals surface area (Å²) >= 11 is 11.7. The third kappa shape index (κ3) is 6.12. The van der Waals surface area contributed by atoms with Crippen molar-refractivity contribution in [2.24, 2.45) is 5.92 Å². The Kier molecular flexibility index (Phi) is 7.48. The topological polar surface area (TPSA) is 64.6 Å². The lowest BCUT2D eigenvalue weighted by molar-refractivity contribution is -0.145. The minimum Gasteiger partial charge on any atom is -0.484 e. The number of carbonyl (C=O) groups is 2. The summed E-state index contributed by atoms with van der Waals surface area (Å²) in [6.07, 6.45) is 0.491. The average Bonchev–Trinajstić information content (AvgIpc) is 2.46. The highest BCUT2D eigenvalue weighted by Crippen LogP contribution is 2.26. The van der Waals surface area contributed by atoms with Gasteiger partial charge in [0.1, 0.15) is 11.8 Å². The van der Waals surface area contributed by atoms with Crippen LogP contribution in [0.2, 0.25) is 10.0 Å². The van der Waals surface area contributed by atoms with Gasteiger partial charge < -0.3 is 14.8 Å². The molecule has 1 N–H and O–H groups in total. The molecule has 0 radical (unpaired) electrons. The lowest BCUT2D eigenvalue weighted by Crippen LogP contribution is -2.44. The monoisotopic (exact) mass is 347 g/mol. The van der Waals surface area contributed by atoms with Gasteiger partial charge in [0.2, 0.25) is 0 Å². The quantitative estimate of drug-likeness (QED) is 0.769. The van der Waals surface area contributed by atoms with Gasteiger partial charge in [-0.1, -0.05) is 37.0 Å². The molecule has 1 aromatic carbocycles. The fraction of sp³-hybridized carbons (Fsp3) is 0.467. The smallest absolute Gasteiger partial charge is 0.328 e. The van der Waals surface area contributed by atoms with Crippen LogP contribution in [-0.2, 0) is 14.3 Å².